The molecule has 0 atom stereocenters. The molecule has 0 unspecified atom stereocenters. The lowest BCUT2D eigenvalue weighted by Gasteiger charge is -2.06. The van der Waals surface area contributed by atoms with Crippen LogP contribution in [0.15, 0.2) is 22.7 Å². The first-order valence-corrected chi connectivity index (χ1v) is 5.84. The Bertz CT molecular complexity index is 594. The highest BCUT2D eigenvalue weighted by Crippen LogP contribution is 2.25. The molecule has 1 aromatic carbocycles. The van der Waals surface area contributed by atoms with Crippen LogP contribution in [0.3, 0.4) is 0 Å². The van der Waals surface area contributed by atoms with Crippen molar-refractivity contribution in [2.24, 2.45) is 0 Å². The molecule has 1 aromatic heterocycles. The molecule has 1 heterocycles. The number of rotatable bonds is 5. The summed E-state index contributed by atoms with van der Waals surface area (Å²) in [5, 5.41) is 17.6. The third-order valence-corrected chi connectivity index (χ3v) is 2.57. The Morgan fingerprint density at radius 2 is 2.21 bits per heavy atom. The minimum Gasteiger partial charge on any atom is -0.379 e. The number of hydrogen-bond donors (Lipinski definition) is 1. The van der Waals surface area contributed by atoms with E-state index in [1.807, 2.05) is 13.0 Å². The highest BCUT2D eigenvalue weighted by atomic mass is 16.6. The van der Waals surface area contributed by atoms with E-state index in [1.54, 1.807) is 19.1 Å². The fourth-order valence-corrected chi connectivity index (χ4v) is 1.69. The first-order chi connectivity index (χ1) is 9.06. The van der Waals surface area contributed by atoms with Crippen LogP contribution in [0.2, 0.25) is 0 Å². The number of nitro benzene ring substituents is 1. The number of benzene rings is 1. The van der Waals surface area contributed by atoms with Gasteiger partial charge >= 0.3 is 0 Å². The summed E-state index contributed by atoms with van der Waals surface area (Å²) in [4.78, 5) is 14.6. The number of aromatic nitrogens is 2. The standard InChI is InChI=1S/C12H14N4O3/c1-8-3-4-10(11(7-8)16(17)18)13-6-5-12-14-9(2)15-19-12/h3-4,7,13H,5-6H2,1-2H3. The molecule has 1 N–H and O–H groups in total. The summed E-state index contributed by atoms with van der Waals surface area (Å²) in [5.74, 6) is 1.09. The lowest BCUT2D eigenvalue weighted by molar-refractivity contribution is -0.384. The second-order valence-corrected chi connectivity index (χ2v) is 4.19. The minimum absolute atomic E-state index is 0.0710. The van der Waals surface area contributed by atoms with Crippen LogP contribution in [0.4, 0.5) is 11.4 Å². The summed E-state index contributed by atoms with van der Waals surface area (Å²) in [6.07, 6.45) is 0.520. The topological polar surface area (TPSA) is 94.1 Å². The van der Waals surface area contributed by atoms with Crippen LogP contribution in [0.1, 0.15) is 17.3 Å². The molecular weight excluding hydrogens is 248 g/mol. The van der Waals surface area contributed by atoms with Crippen molar-refractivity contribution in [3.63, 3.8) is 0 Å². The Kier molecular flexibility index (Phi) is 3.74. The molecule has 100 valence electrons. The van der Waals surface area contributed by atoms with Crippen LogP contribution in [-0.2, 0) is 6.42 Å². The lowest BCUT2D eigenvalue weighted by Crippen LogP contribution is -2.07. The summed E-state index contributed by atoms with van der Waals surface area (Å²) in [7, 11) is 0. The maximum absolute atomic E-state index is 10.9. The van der Waals surface area contributed by atoms with Gasteiger partial charge in [-0.15, -0.1) is 0 Å². The Balaban J connectivity index is 2.01. The molecule has 0 aliphatic heterocycles. The SMILES string of the molecule is Cc1ccc(NCCc2nc(C)no2)c([N+](=O)[O-])c1. The molecule has 0 aliphatic rings. The Labute approximate surface area is 109 Å². The van der Waals surface area contributed by atoms with Crippen LogP contribution < -0.4 is 5.32 Å². The maximum Gasteiger partial charge on any atom is 0.292 e. The van der Waals surface area contributed by atoms with Gasteiger partial charge in [-0.2, -0.15) is 4.98 Å². The van der Waals surface area contributed by atoms with Gasteiger partial charge in [0.2, 0.25) is 5.89 Å². The van der Waals surface area contributed by atoms with Crippen LogP contribution in [0.25, 0.3) is 0 Å². The smallest absolute Gasteiger partial charge is 0.292 e. The van der Waals surface area contributed by atoms with Gasteiger partial charge in [-0.1, -0.05) is 11.2 Å². The monoisotopic (exact) mass is 262 g/mol. The third kappa shape index (κ3) is 3.27. The van der Waals surface area contributed by atoms with Gasteiger partial charge in [-0.05, 0) is 25.5 Å². The molecule has 7 heteroatoms. The van der Waals surface area contributed by atoms with Crippen LogP contribution in [0, 0.1) is 24.0 Å². The predicted molar refractivity (Wildman–Crippen MR) is 69.1 cm³/mol. The fraction of sp³-hybridized carbons (Fsp3) is 0.333. The largest absolute Gasteiger partial charge is 0.379 e. The van der Waals surface area contributed by atoms with Gasteiger partial charge in [0.15, 0.2) is 5.82 Å². The van der Waals surface area contributed by atoms with Crippen LogP contribution in [0.5, 0.6) is 0 Å². The van der Waals surface area contributed by atoms with E-state index in [2.05, 4.69) is 15.5 Å². The Morgan fingerprint density at radius 1 is 1.42 bits per heavy atom. The van der Waals surface area contributed by atoms with E-state index in [9.17, 15) is 10.1 Å². The summed E-state index contributed by atoms with van der Waals surface area (Å²) >= 11 is 0. The molecule has 0 fully saturated rings. The molecule has 0 bridgehead atoms. The molecule has 0 radical (unpaired) electrons. The molecule has 7 nitrogen and oxygen atoms in total. The minimum atomic E-state index is -0.397. The van der Waals surface area contributed by atoms with Gasteiger partial charge in [0.1, 0.15) is 5.69 Å². The van der Waals surface area contributed by atoms with Gasteiger partial charge in [0.25, 0.3) is 5.69 Å². The number of nitrogens with zero attached hydrogens (tertiary/aromatic N) is 3. The average molecular weight is 262 g/mol. The highest BCUT2D eigenvalue weighted by molar-refractivity contribution is 5.62. The van der Waals surface area contributed by atoms with Crippen molar-refractivity contribution in [1.29, 1.82) is 0 Å². The van der Waals surface area contributed by atoms with Gasteiger partial charge in [-0.25, -0.2) is 0 Å². The number of nitro groups is 1. The van der Waals surface area contributed by atoms with E-state index in [0.717, 1.165) is 5.56 Å². The summed E-state index contributed by atoms with van der Waals surface area (Å²) < 4.78 is 4.96. The quantitative estimate of drug-likeness (QED) is 0.656. The van der Waals surface area contributed by atoms with Crippen LogP contribution in [-0.4, -0.2) is 21.6 Å². The molecule has 2 rings (SSSR count). The van der Waals surface area contributed by atoms with Crippen molar-refractivity contribution in [2.75, 3.05) is 11.9 Å². The van der Waals surface area contributed by atoms with Crippen molar-refractivity contribution in [1.82, 2.24) is 10.1 Å². The van der Waals surface area contributed by atoms with E-state index in [4.69, 9.17) is 4.52 Å². The number of nitrogens with one attached hydrogen (secondary N) is 1. The third-order valence-electron chi connectivity index (χ3n) is 2.57. The first-order valence-electron chi connectivity index (χ1n) is 5.84. The zero-order valence-electron chi connectivity index (χ0n) is 10.7. The zero-order valence-corrected chi connectivity index (χ0v) is 10.7. The molecule has 0 spiro atoms. The van der Waals surface area contributed by atoms with Gasteiger partial charge in [0, 0.05) is 19.0 Å². The van der Waals surface area contributed by atoms with Crippen molar-refractivity contribution in [2.45, 2.75) is 20.3 Å². The molecule has 0 saturated heterocycles. The normalized spacial score (nSPS) is 10.4. The van der Waals surface area contributed by atoms with E-state index < -0.39 is 4.92 Å². The van der Waals surface area contributed by atoms with E-state index in [-0.39, 0.29) is 5.69 Å². The second kappa shape index (κ2) is 5.47. The van der Waals surface area contributed by atoms with Crippen molar-refractivity contribution in [3.8, 4) is 0 Å². The van der Waals surface area contributed by atoms with Gasteiger partial charge in [0.05, 0.1) is 4.92 Å². The predicted octanol–water partition coefficient (Wildman–Crippen LogP) is 2.25. The molecular formula is C12H14N4O3. The van der Waals surface area contributed by atoms with E-state index in [0.29, 0.717) is 30.4 Å². The average Bonchev–Trinajstić information content (AvgIpc) is 2.77. The van der Waals surface area contributed by atoms with E-state index in [1.165, 1.54) is 0 Å². The second-order valence-electron chi connectivity index (χ2n) is 4.19. The van der Waals surface area contributed by atoms with E-state index >= 15 is 0 Å². The number of hydrogen-bond acceptors (Lipinski definition) is 6. The fourth-order valence-electron chi connectivity index (χ4n) is 1.69. The Morgan fingerprint density at radius 3 is 2.84 bits per heavy atom. The molecule has 0 saturated carbocycles. The molecule has 2 aromatic rings. The Hall–Kier alpha value is -2.44. The molecule has 19 heavy (non-hydrogen) atoms. The van der Waals surface area contributed by atoms with Crippen molar-refractivity contribution < 1.29 is 9.45 Å². The number of anilines is 1. The van der Waals surface area contributed by atoms with Crippen LogP contribution >= 0.6 is 0 Å². The highest BCUT2D eigenvalue weighted by Gasteiger charge is 2.13. The zero-order chi connectivity index (χ0) is 13.8. The van der Waals surface area contributed by atoms with Gasteiger partial charge in [-0.3, -0.25) is 10.1 Å². The lowest BCUT2D eigenvalue weighted by atomic mass is 10.2. The first kappa shape index (κ1) is 13.0. The number of aryl methyl sites for hydroxylation is 2. The summed E-state index contributed by atoms with van der Waals surface area (Å²) in [6, 6.07) is 5.07. The van der Waals surface area contributed by atoms with Crippen molar-refractivity contribution in [3.05, 3.63) is 45.6 Å². The summed E-state index contributed by atoms with van der Waals surface area (Å²) in [5.41, 5.74) is 1.42. The molecule has 0 amide bonds. The van der Waals surface area contributed by atoms with Crippen molar-refractivity contribution >= 4 is 11.4 Å². The van der Waals surface area contributed by atoms with Gasteiger partial charge < -0.3 is 9.84 Å². The summed E-state index contributed by atoms with van der Waals surface area (Å²) in [6.45, 7) is 4.05. The molecule has 0 aliphatic carbocycles. The maximum atomic E-state index is 10.9.